The van der Waals surface area contributed by atoms with Gasteiger partial charge in [0.2, 0.25) is 0 Å². The van der Waals surface area contributed by atoms with Gasteiger partial charge in [-0.1, -0.05) is 51.6 Å². The number of halogens is 2. The lowest BCUT2D eigenvalue weighted by molar-refractivity contribution is 0.540. The van der Waals surface area contributed by atoms with E-state index in [-0.39, 0.29) is 0 Å². The average Bonchev–Trinajstić information content (AvgIpc) is 2.01. The van der Waals surface area contributed by atoms with E-state index in [9.17, 15) is 0 Å². The van der Waals surface area contributed by atoms with E-state index in [0.717, 1.165) is 0 Å². The molecule has 2 N–H and O–H groups in total. The number of unbranched alkanes of at least 4 members (excludes halogenated alkanes) is 1. The van der Waals surface area contributed by atoms with Gasteiger partial charge in [-0.25, -0.2) is 0 Å². The molecule has 0 aliphatic carbocycles. The number of rotatable bonds is 7. The van der Waals surface area contributed by atoms with Gasteiger partial charge in [-0.2, -0.15) is 0 Å². The monoisotopic (exact) mass is 381 g/mol. The Morgan fingerprint density at radius 1 is 0.909 bits per heavy atom. The number of nitrogens with two attached hydrogens (primary N) is 1. The van der Waals surface area contributed by atoms with Gasteiger partial charge < -0.3 is 5.73 Å². The Balaban J connectivity index is 3.02. The van der Waals surface area contributed by atoms with Crippen LogP contribution in [0.1, 0.15) is 32.1 Å². The third-order valence-corrected chi connectivity index (χ3v) is 3.19. The summed E-state index contributed by atoms with van der Waals surface area (Å²) >= 11 is 4.83. The highest BCUT2D eigenvalue weighted by Gasteiger charge is 2.00. The molecule has 0 fully saturated rings. The van der Waals surface area contributed by atoms with Crippen LogP contribution in [0.15, 0.2) is 0 Å². The summed E-state index contributed by atoms with van der Waals surface area (Å²) in [7, 11) is 0. The third kappa shape index (κ3) is 9.33. The Labute approximate surface area is 97.2 Å². The van der Waals surface area contributed by atoms with E-state index in [0.29, 0.717) is 6.04 Å². The van der Waals surface area contributed by atoms with Crippen LogP contribution >= 0.6 is 45.2 Å². The van der Waals surface area contributed by atoms with Gasteiger partial charge in [0.15, 0.2) is 0 Å². The van der Waals surface area contributed by atoms with Crippen LogP contribution in [0.2, 0.25) is 0 Å². The first-order chi connectivity index (χ1) is 5.31. The zero-order chi connectivity index (χ0) is 8.53. The van der Waals surface area contributed by atoms with E-state index in [4.69, 9.17) is 5.73 Å². The van der Waals surface area contributed by atoms with Gasteiger partial charge in [0.1, 0.15) is 0 Å². The number of hydrogen-bond donors (Lipinski definition) is 1. The smallest absolute Gasteiger partial charge is 0.00390 e. The van der Waals surface area contributed by atoms with Crippen molar-refractivity contribution in [3.05, 3.63) is 0 Å². The van der Waals surface area contributed by atoms with E-state index in [1.165, 1.54) is 41.0 Å². The van der Waals surface area contributed by atoms with Crippen molar-refractivity contribution in [3.63, 3.8) is 0 Å². The van der Waals surface area contributed by atoms with Gasteiger partial charge in [0.25, 0.3) is 0 Å². The summed E-state index contributed by atoms with van der Waals surface area (Å²) in [6.45, 7) is 0. The van der Waals surface area contributed by atoms with Crippen LogP contribution in [-0.4, -0.2) is 14.9 Å². The minimum Gasteiger partial charge on any atom is -0.328 e. The summed E-state index contributed by atoms with van der Waals surface area (Å²) in [5.41, 5.74) is 5.89. The van der Waals surface area contributed by atoms with E-state index in [1.54, 1.807) is 0 Å². The Morgan fingerprint density at radius 2 is 1.45 bits per heavy atom. The van der Waals surface area contributed by atoms with Crippen LogP contribution in [0.4, 0.5) is 0 Å². The van der Waals surface area contributed by atoms with E-state index in [2.05, 4.69) is 45.2 Å². The van der Waals surface area contributed by atoms with Crippen molar-refractivity contribution in [1.29, 1.82) is 0 Å². The molecule has 1 atom stereocenters. The lowest BCUT2D eigenvalue weighted by Gasteiger charge is -2.08. The second-order valence-electron chi connectivity index (χ2n) is 2.78. The molecule has 0 aromatic rings. The fraction of sp³-hybridized carbons (Fsp3) is 1.00. The van der Waals surface area contributed by atoms with Crippen LogP contribution in [0.5, 0.6) is 0 Å². The first-order valence-electron chi connectivity index (χ1n) is 4.18. The number of hydrogen-bond acceptors (Lipinski definition) is 1. The van der Waals surface area contributed by atoms with Gasteiger partial charge in [0.05, 0.1) is 0 Å². The third-order valence-electron chi connectivity index (χ3n) is 1.67. The van der Waals surface area contributed by atoms with Crippen LogP contribution in [0.3, 0.4) is 0 Å². The topological polar surface area (TPSA) is 26.0 Å². The van der Waals surface area contributed by atoms with Crippen molar-refractivity contribution < 1.29 is 0 Å². The summed E-state index contributed by atoms with van der Waals surface area (Å²) in [5.74, 6) is 0. The summed E-state index contributed by atoms with van der Waals surface area (Å²) in [4.78, 5) is 0. The zero-order valence-corrected chi connectivity index (χ0v) is 11.2. The molecule has 0 spiro atoms. The molecule has 3 heteroatoms. The van der Waals surface area contributed by atoms with E-state index >= 15 is 0 Å². The molecule has 0 rings (SSSR count). The number of alkyl halides is 2. The molecule has 68 valence electrons. The fourth-order valence-corrected chi connectivity index (χ4v) is 1.96. The quantitative estimate of drug-likeness (QED) is 0.410. The Hall–Kier alpha value is 1.42. The van der Waals surface area contributed by atoms with Crippen LogP contribution in [0, 0.1) is 0 Å². The summed E-state index contributed by atoms with van der Waals surface area (Å²) in [5, 5.41) is 0. The van der Waals surface area contributed by atoms with E-state index in [1.807, 2.05) is 0 Å². The average molecular weight is 381 g/mol. The molecule has 0 amide bonds. The van der Waals surface area contributed by atoms with Crippen molar-refractivity contribution in [1.82, 2.24) is 0 Å². The highest BCUT2D eigenvalue weighted by molar-refractivity contribution is 14.1. The van der Waals surface area contributed by atoms with Gasteiger partial charge in [-0.3, -0.25) is 0 Å². The summed E-state index contributed by atoms with van der Waals surface area (Å²) in [6, 6.07) is 0.465. The second-order valence-corrected chi connectivity index (χ2v) is 4.93. The van der Waals surface area contributed by atoms with Crippen molar-refractivity contribution in [3.8, 4) is 0 Å². The molecule has 0 aliphatic heterocycles. The van der Waals surface area contributed by atoms with Crippen molar-refractivity contribution >= 4 is 45.2 Å². The maximum Gasteiger partial charge on any atom is 0.00390 e. The molecular formula is C8H17I2N. The Bertz CT molecular complexity index is 78.5. The molecule has 0 radical (unpaired) electrons. The lowest BCUT2D eigenvalue weighted by Crippen LogP contribution is -2.19. The van der Waals surface area contributed by atoms with Crippen LogP contribution in [0.25, 0.3) is 0 Å². The minimum absolute atomic E-state index is 0.465. The van der Waals surface area contributed by atoms with E-state index < -0.39 is 0 Å². The fourth-order valence-electron chi connectivity index (χ4n) is 0.985. The maximum atomic E-state index is 5.89. The molecule has 0 saturated carbocycles. The summed E-state index contributed by atoms with van der Waals surface area (Å²) < 4.78 is 2.52. The lowest BCUT2D eigenvalue weighted by atomic mass is 10.1. The molecule has 0 aliphatic rings. The molecule has 11 heavy (non-hydrogen) atoms. The predicted molar refractivity (Wildman–Crippen MR) is 68.8 cm³/mol. The Kier molecular flexibility index (Phi) is 10.7. The van der Waals surface area contributed by atoms with Gasteiger partial charge in [-0.15, -0.1) is 0 Å². The maximum absolute atomic E-state index is 5.89. The minimum atomic E-state index is 0.465. The standard InChI is InChI=1S/C8H17I2N/c9-6-2-1-4-8(11)5-3-7-10/h8H,1-7,11H2. The molecule has 1 unspecified atom stereocenters. The normalized spacial score (nSPS) is 13.4. The highest BCUT2D eigenvalue weighted by atomic mass is 127. The van der Waals surface area contributed by atoms with Crippen molar-refractivity contribution in [2.45, 2.75) is 38.1 Å². The van der Waals surface area contributed by atoms with Crippen LogP contribution in [-0.2, 0) is 0 Å². The molecule has 0 saturated heterocycles. The first-order valence-corrected chi connectivity index (χ1v) is 7.24. The zero-order valence-electron chi connectivity index (χ0n) is 6.86. The predicted octanol–water partition coefficient (Wildman–Crippen LogP) is 3.13. The van der Waals surface area contributed by atoms with Crippen molar-refractivity contribution in [2.24, 2.45) is 5.73 Å². The second kappa shape index (κ2) is 9.51. The molecular weight excluding hydrogens is 364 g/mol. The van der Waals surface area contributed by atoms with Gasteiger partial charge >= 0.3 is 0 Å². The largest absolute Gasteiger partial charge is 0.328 e. The SMILES string of the molecule is NC(CCCI)CCCCI. The molecule has 0 aromatic carbocycles. The molecule has 1 nitrogen and oxygen atoms in total. The first kappa shape index (κ1) is 12.4. The molecule has 0 aromatic heterocycles. The van der Waals surface area contributed by atoms with Crippen molar-refractivity contribution in [2.75, 3.05) is 8.86 Å². The summed E-state index contributed by atoms with van der Waals surface area (Å²) in [6.07, 6.45) is 6.36. The highest BCUT2D eigenvalue weighted by Crippen LogP contribution is 2.06. The van der Waals surface area contributed by atoms with Crippen LogP contribution < -0.4 is 5.73 Å². The van der Waals surface area contributed by atoms with Gasteiger partial charge in [0, 0.05) is 6.04 Å². The molecule has 0 heterocycles. The van der Waals surface area contributed by atoms with Gasteiger partial charge in [-0.05, 0) is 34.5 Å². The Morgan fingerprint density at radius 3 is 2.00 bits per heavy atom. The molecule has 0 bridgehead atoms.